The Morgan fingerprint density at radius 2 is 2.32 bits per heavy atom. The molecule has 0 bridgehead atoms. The Labute approximate surface area is 119 Å². The van der Waals surface area contributed by atoms with Gasteiger partial charge in [0, 0.05) is 18.3 Å². The Bertz CT molecular complexity index is 446. The molecule has 1 unspecified atom stereocenters. The number of rotatable bonds is 5. The maximum atomic E-state index is 5.22. The Hall–Kier alpha value is -1.16. The Kier molecular flexibility index (Phi) is 5.14. The third kappa shape index (κ3) is 4.16. The average molecular weight is 278 g/mol. The second kappa shape index (κ2) is 6.85. The van der Waals surface area contributed by atoms with Crippen LogP contribution in [-0.4, -0.2) is 30.6 Å². The van der Waals surface area contributed by atoms with Crippen molar-refractivity contribution in [1.29, 1.82) is 0 Å². The lowest BCUT2D eigenvalue weighted by molar-refractivity contribution is 0.414. The Morgan fingerprint density at radius 1 is 1.47 bits per heavy atom. The number of benzene rings is 1. The summed E-state index contributed by atoms with van der Waals surface area (Å²) < 4.78 is 5.22. The van der Waals surface area contributed by atoms with Crippen molar-refractivity contribution in [1.82, 2.24) is 5.32 Å². The van der Waals surface area contributed by atoms with Gasteiger partial charge in [-0.15, -0.1) is 0 Å². The van der Waals surface area contributed by atoms with Gasteiger partial charge in [0.15, 0.2) is 5.17 Å². The van der Waals surface area contributed by atoms with Crippen molar-refractivity contribution in [2.24, 2.45) is 10.9 Å². The van der Waals surface area contributed by atoms with E-state index in [0.29, 0.717) is 12.0 Å². The molecule has 0 spiro atoms. The zero-order valence-corrected chi connectivity index (χ0v) is 12.7. The van der Waals surface area contributed by atoms with Crippen LogP contribution in [0.2, 0.25) is 0 Å². The highest BCUT2D eigenvalue weighted by Gasteiger charge is 2.22. The van der Waals surface area contributed by atoms with Crippen molar-refractivity contribution in [2.45, 2.75) is 26.3 Å². The molecule has 4 heteroatoms. The predicted molar refractivity (Wildman–Crippen MR) is 83.2 cm³/mol. The quantitative estimate of drug-likeness (QED) is 0.899. The van der Waals surface area contributed by atoms with Crippen molar-refractivity contribution in [3.8, 4) is 5.75 Å². The molecule has 0 aliphatic carbocycles. The lowest BCUT2D eigenvalue weighted by atomic mass is 10.1. The summed E-state index contributed by atoms with van der Waals surface area (Å²) in [5.74, 6) is 2.72. The molecule has 0 aromatic heterocycles. The average Bonchev–Trinajstić information content (AvgIpc) is 2.88. The number of ether oxygens (including phenoxy) is 1. The van der Waals surface area contributed by atoms with E-state index in [1.54, 1.807) is 7.11 Å². The topological polar surface area (TPSA) is 33.6 Å². The van der Waals surface area contributed by atoms with Gasteiger partial charge >= 0.3 is 0 Å². The van der Waals surface area contributed by atoms with Gasteiger partial charge in [0.25, 0.3) is 0 Å². The molecule has 1 fully saturated rings. The van der Waals surface area contributed by atoms with Gasteiger partial charge in [-0.3, -0.25) is 4.99 Å². The second-order valence-electron chi connectivity index (χ2n) is 5.09. The Balaban J connectivity index is 1.83. The molecule has 1 aliphatic rings. The summed E-state index contributed by atoms with van der Waals surface area (Å²) in [5.41, 5.74) is 1.27. The van der Waals surface area contributed by atoms with Crippen molar-refractivity contribution < 1.29 is 4.74 Å². The van der Waals surface area contributed by atoms with Crippen LogP contribution in [-0.2, 0) is 6.42 Å². The van der Waals surface area contributed by atoms with Crippen LogP contribution >= 0.6 is 11.8 Å². The first kappa shape index (κ1) is 14.3. The zero-order chi connectivity index (χ0) is 13.7. The molecule has 1 atom stereocenters. The van der Waals surface area contributed by atoms with Crippen LogP contribution in [0, 0.1) is 5.92 Å². The van der Waals surface area contributed by atoms with Crippen molar-refractivity contribution >= 4 is 16.9 Å². The predicted octanol–water partition coefficient (Wildman–Crippen LogP) is 2.95. The fraction of sp³-hybridized carbons (Fsp3) is 0.533. The van der Waals surface area contributed by atoms with Crippen molar-refractivity contribution in [2.75, 3.05) is 19.4 Å². The Morgan fingerprint density at radius 3 is 3.00 bits per heavy atom. The normalized spacial score (nSPS) is 20.8. The van der Waals surface area contributed by atoms with E-state index in [0.717, 1.165) is 29.6 Å². The molecule has 1 aromatic rings. The molecule has 19 heavy (non-hydrogen) atoms. The number of amidine groups is 1. The van der Waals surface area contributed by atoms with Crippen LogP contribution in [0.5, 0.6) is 5.75 Å². The molecular weight excluding hydrogens is 256 g/mol. The van der Waals surface area contributed by atoms with Crippen molar-refractivity contribution in [3.05, 3.63) is 29.8 Å². The molecule has 1 aromatic carbocycles. The van der Waals surface area contributed by atoms with E-state index in [9.17, 15) is 0 Å². The van der Waals surface area contributed by atoms with E-state index in [2.05, 4.69) is 36.3 Å². The van der Waals surface area contributed by atoms with Gasteiger partial charge < -0.3 is 10.1 Å². The summed E-state index contributed by atoms with van der Waals surface area (Å²) in [6, 6.07) is 8.76. The van der Waals surface area contributed by atoms with Gasteiger partial charge in [0.2, 0.25) is 0 Å². The largest absolute Gasteiger partial charge is 0.497 e. The molecule has 1 N–H and O–H groups in total. The lowest BCUT2D eigenvalue weighted by Crippen LogP contribution is -2.31. The summed E-state index contributed by atoms with van der Waals surface area (Å²) in [6.07, 6.45) is 0.954. The number of hydrogen-bond donors (Lipinski definition) is 1. The van der Waals surface area contributed by atoms with E-state index in [1.807, 2.05) is 23.9 Å². The van der Waals surface area contributed by atoms with Gasteiger partial charge in [-0.2, -0.15) is 0 Å². The van der Waals surface area contributed by atoms with E-state index < -0.39 is 0 Å². The first-order valence-corrected chi connectivity index (χ1v) is 7.74. The van der Waals surface area contributed by atoms with Crippen LogP contribution < -0.4 is 10.1 Å². The summed E-state index contributed by atoms with van der Waals surface area (Å²) in [5, 5.41) is 4.59. The van der Waals surface area contributed by atoms with Crippen LogP contribution in [0.25, 0.3) is 0 Å². The number of methoxy groups -OCH3 is 1. The minimum absolute atomic E-state index is 0.570. The van der Waals surface area contributed by atoms with Crippen molar-refractivity contribution in [3.63, 3.8) is 0 Å². The van der Waals surface area contributed by atoms with Gasteiger partial charge in [-0.05, 0) is 30.0 Å². The number of hydrogen-bond acceptors (Lipinski definition) is 3. The highest BCUT2D eigenvalue weighted by molar-refractivity contribution is 8.14. The molecule has 0 saturated carbocycles. The standard InChI is InChI=1S/C15H22N2OS/c1-11(2)14-10-19-15(17-14)16-8-7-12-5-4-6-13(9-12)18-3/h4-6,9,11,14H,7-8,10H2,1-3H3,(H,16,17). The van der Waals surface area contributed by atoms with Gasteiger partial charge in [-0.1, -0.05) is 37.7 Å². The second-order valence-corrected chi connectivity index (χ2v) is 6.10. The molecule has 2 rings (SSSR count). The first-order valence-electron chi connectivity index (χ1n) is 6.75. The van der Waals surface area contributed by atoms with E-state index >= 15 is 0 Å². The first-order chi connectivity index (χ1) is 9.19. The minimum Gasteiger partial charge on any atom is -0.497 e. The van der Waals surface area contributed by atoms with E-state index in [1.165, 1.54) is 5.56 Å². The SMILES string of the molecule is COc1cccc(CCN=C2NC(C(C)C)CS2)c1. The summed E-state index contributed by atoms with van der Waals surface area (Å²) in [7, 11) is 1.70. The molecular formula is C15H22N2OS. The highest BCUT2D eigenvalue weighted by atomic mass is 32.2. The van der Waals surface area contributed by atoms with Crippen LogP contribution in [0.4, 0.5) is 0 Å². The van der Waals surface area contributed by atoms with Gasteiger partial charge in [0.1, 0.15) is 5.75 Å². The fourth-order valence-corrected chi connectivity index (χ4v) is 3.20. The summed E-state index contributed by atoms with van der Waals surface area (Å²) in [6.45, 7) is 5.32. The summed E-state index contributed by atoms with van der Waals surface area (Å²) >= 11 is 1.84. The maximum Gasteiger partial charge on any atom is 0.156 e. The van der Waals surface area contributed by atoms with E-state index in [4.69, 9.17) is 4.74 Å². The van der Waals surface area contributed by atoms with Crippen LogP contribution in [0.15, 0.2) is 29.3 Å². The number of nitrogens with zero attached hydrogens (tertiary/aromatic N) is 1. The van der Waals surface area contributed by atoms with Gasteiger partial charge in [-0.25, -0.2) is 0 Å². The van der Waals surface area contributed by atoms with E-state index in [-0.39, 0.29) is 0 Å². The molecule has 0 radical (unpaired) electrons. The molecule has 1 heterocycles. The molecule has 1 aliphatic heterocycles. The number of aliphatic imine (C=N–C) groups is 1. The zero-order valence-electron chi connectivity index (χ0n) is 11.8. The fourth-order valence-electron chi connectivity index (χ4n) is 1.98. The smallest absolute Gasteiger partial charge is 0.156 e. The molecule has 3 nitrogen and oxygen atoms in total. The third-order valence-corrected chi connectivity index (χ3v) is 4.35. The number of nitrogens with one attached hydrogen (secondary N) is 1. The molecule has 104 valence electrons. The maximum absolute atomic E-state index is 5.22. The van der Waals surface area contributed by atoms with Crippen LogP contribution in [0.1, 0.15) is 19.4 Å². The van der Waals surface area contributed by atoms with Gasteiger partial charge in [0.05, 0.1) is 7.11 Å². The van der Waals surface area contributed by atoms with Crippen LogP contribution in [0.3, 0.4) is 0 Å². The summed E-state index contributed by atoms with van der Waals surface area (Å²) in [4.78, 5) is 4.63. The monoisotopic (exact) mass is 278 g/mol. The lowest BCUT2D eigenvalue weighted by Gasteiger charge is -2.13. The minimum atomic E-state index is 0.570. The molecule has 0 amide bonds. The molecule has 1 saturated heterocycles. The highest BCUT2D eigenvalue weighted by Crippen LogP contribution is 2.19. The number of thioether (sulfide) groups is 1. The third-order valence-electron chi connectivity index (χ3n) is 3.30.